The van der Waals surface area contributed by atoms with Gasteiger partial charge in [-0.15, -0.1) is 0 Å². The number of hydrogen-bond donors (Lipinski definition) is 3. The summed E-state index contributed by atoms with van der Waals surface area (Å²) in [6.45, 7) is 1.81. The van der Waals surface area contributed by atoms with Crippen LogP contribution >= 0.6 is 11.6 Å². The standard InChI is InChI=1S/C19H17ClN6O3/c1-12-9-14(20)7-8-15(12)23-18-17(26(28)29)19(22-11-21-18)25-24-16(27)10-13-5-3-2-4-6-13/h2-9,11H,10H2,1H3,(H,24,27)(H2,21,22,23,25). The van der Waals surface area contributed by atoms with Crippen LogP contribution < -0.4 is 16.2 Å². The van der Waals surface area contributed by atoms with E-state index in [-0.39, 0.29) is 24.0 Å². The maximum Gasteiger partial charge on any atom is 0.355 e. The molecule has 0 saturated heterocycles. The summed E-state index contributed by atoms with van der Waals surface area (Å²) in [6.07, 6.45) is 1.27. The Morgan fingerprint density at radius 2 is 1.86 bits per heavy atom. The summed E-state index contributed by atoms with van der Waals surface area (Å²) in [5.74, 6) is -0.525. The van der Waals surface area contributed by atoms with E-state index in [0.29, 0.717) is 10.7 Å². The van der Waals surface area contributed by atoms with Gasteiger partial charge >= 0.3 is 5.69 Å². The molecule has 2 aromatic carbocycles. The molecule has 3 aromatic rings. The van der Waals surface area contributed by atoms with Crippen molar-refractivity contribution in [3.63, 3.8) is 0 Å². The van der Waals surface area contributed by atoms with Gasteiger partial charge < -0.3 is 5.32 Å². The number of carbonyl (C=O) groups excluding carboxylic acids is 1. The van der Waals surface area contributed by atoms with Gasteiger partial charge in [-0.2, -0.15) is 0 Å². The number of aromatic nitrogens is 2. The molecule has 1 heterocycles. The van der Waals surface area contributed by atoms with Gasteiger partial charge in [-0.3, -0.25) is 25.8 Å². The first-order valence-corrected chi connectivity index (χ1v) is 8.93. The number of aryl methyl sites for hydroxylation is 1. The fraction of sp³-hybridized carbons (Fsp3) is 0.105. The van der Waals surface area contributed by atoms with Crippen LogP contribution in [0.1, 0.15) is 11.1 Å². The zero-order chi connectivity index (χ0) is 20.8. The van der Waals surface area contributed by atoms with Gasteiger partial charge in [0.2, 0.25) is 17.5 Å². The van der Waals surface area contributed by atoms with Crippen LogP contribution in [0.25, 0.3) is 0 Å². The van der Waals surface area contributed by atoms with Gasteiger partial charge in [0.25, 0.3) is 0 Å². The van der Waals surface area contributed by atoms with Crippen molar-refractivity contribution in [1.82, 2.24) is 15.4 Å². The zero-order valence-corrected chi connectivity index (χ0v) is 16.1. The van der Waals surface area contributed by atoms with Crippen LogP contribution in [0.15, 0.2) is 54.9 Å². The molecule has 0 radical (unpaired) electrons. The average Bonchev–Trinajstić information content (AvgIpc) is 2.69. The number of rotatable bonds is 7. The lowest BCUT2D eigenvalue weighted by Crippen LogP contribution is -2.31. The Morgan fingerprint density at radius 1 is 1.14 bits per heavy atom. The number of anilines is 3. The third-order valence-corrected chi connectivity index (χ3v) is 4.21. The fourth-order valence-corrected chi connectivity index (χ4v) is 2.81. The molecular weight excluding hydrogens is 396 g/mol. The Morgan fingerprint density at radius 3 is 2.55 bits per heavy atom. The number of nitro groups is 1. The topological polar surface area (TPSA) is 122 Å². The number of hydrazine groups is 1. The van der Waals surface area contributed by atoms with Crippen molar-refractivity contribution >= 4 is 40.5 Å². The summed E-state index contributed by atoms with van der Waals surface area (Å²) in [4.78, 5) is 30.9. The second-order valence-corrected chi connectivity index (χ2v) is 6.53. The first kappa shape index (κ1) is 20.0. The molecule has 9 nitrogen and oxygen atoms in total. The van der Waals surface area contributed by atoms with Gasteiger partial charge in [0.1, 0.15) is 6.33 Å². The first-order valence-electron chi connectivity index (χ1n) is 8.55. The highest BCUT2D eigenvalue weighted by Gasteiger charge is 2.24. The molecule has 148 valence electrons. The van der Waals surface area contributed by atoms with E-state index < -0.39 is 10.6 Å². The predicted octanol–water partition coefficient (Wildman–Crippen LogP) is 3.78. The van der Waals surface area contributed by atoms with E-state index in [1.807, 2.05) is 37.3 Å². The molecular formula is C19H17ClN6O3. The van der Waals surface area contributed by atoms with Crippen LogP contribution in [0.3, 0.4) is 0 Å². The SMILES string of the molecule is Cc1cc(Cl)ccc1Nc1ncnc(NNC(=O)Cc2ccccc2)c1[N+](=O)[O-]. The van der Waals surface area contributed by atoms with E-state index in [0.717, 1.165) is 17.5 Å². The molecule has 1 aromatic heterocycles. The molecule has 0 spiro atoms. The second kappa shape index (κ2) is 8.98. The zero-order valence-electron chi connectivity index (χ0n) is 15.3. The van der Waals surface area contributed by atoms with Gasteiger partial charge in [-0.25, -0.2) is 9.97 Å². The van der Waals surface area contributed by atoms with Gasteiger partial charge in [-0.05, 0) is 36.2 Å². The van der Waals surface area contributed by atoms with Crippen molar-refractivity contribution in [2.75, 3.05) is 10.7 Å². The largest absolute Gasteiger partial charge is 0.355 e. The summed E-state index contributed by atoms with van der Waals surface area (Å²) in [6, 6.07) is 14.2. The van der Waals surface area contributed by atoms with E-state index in [4.69, 9.17) is 11.6 Å². The first-order chi connectivity index (χ1) is 13.9. The predicted molar refractivity (Wildman–Crippen MR) is 110 cm³/mol. The molecule has 0 atom stereocenters. The number of halogens is 1. The highest BCUT2D eigenvalue weighted by atomic mass is 35.5. The number of nitrogens with zero attached hydrogens (tertiary/aromatic N) is 3. The Hall–Kier alpha value is -3.72. The highest BCUT2D eigenvalue weighted by Crippen LogP contribution is 2.32. The molecule has 10 heteroatoms. The highest BCUT2D eigenvalue weighted by molar-refractivity contribution is 6.30. The number of carbonyl (C=O) groups is 1. The number of nitrogens with one attached hydrogen (secondary N) is 3. The van der Waals surface area contributed by atoms with Crippen molar-refractivity contribution in [3.05, 3.63) is 81.1 Å². The molecule has 0 aliphatic rings. The van der Waals surface area contributed by atoms with E-state index in [9.17, 15) is 14.9 Å². The Bertz CT molecular complexity index is 1050. The van der Waals surface area contributed by atoms with Gasteiger partial charge in [-0.1, -0.05) is 41.9 Å². The minimum Gasteiger partial charge on any atom is -0.334 e. The Labute approximate surface area is 171 Å². The summed E-state index contributed by atoms with van der Waals surface area (Å²) >= 11 is 5.94. The van der Waals surface area contributed by atoms with Crippen LogP contribution in [-0.4, -0.2) is 20.8 Å². The molecule has 0 unspecified atom stereocenters. The molecule has 0 saturated carbocycles. The molecule has 0 aliphatic carbocycles. The monoisotopic (exact) mass is 412 g/mol. The average molecular weight is 413 g/mol. The van der Waals surface area contributed by atoms with Gasteiger partial charge in [0.05, 0.1) is 11.3 Å². The molecule has 1 amide bonds. The molecule has 29 heavy (non-hydrogen) atoms. The maximum atomic E-state index is 12.1. The molecule has 3 rings (SSSR count). The van der Waals surface area contributed by atoms with Crippen molar-refractivity contribution < 1.29 is 9.72 Å². The van der Waals surface area contributed by atoms with E-state index in [2.05, 4.69) is 26.1 Å². The van der Waals surface area contributed by atoms with Crippen LogP contribution in [-0.2, 0) is 11.2 Å². The fourth-order valence-electron chi connectivity index (χ4n) is 2.58. The van der Waals surface area contributed by atoms with Crippen molar-refractivity contribution in [2.24, 2.45) is 0 Å². The van der Waals surface area contributed by atoms with Crippen molar-refractivity contribution in [3.8, 4) is 0 Å². The lowest BCUT2D eigenvalue weighted by molar-refractivity contribution is -0.383. The Balaban J connectivity index is 1.77. The second-order valence-electron chi connectivity index (χ2n) is 6.10. The van der Waals surface area contributed by atoms with E-state index in [1.165, 1.54) is 0 Å². The normalized spacial score (nSPS) is 10.3. The van der Waals surface area contributed by atoms with Gasteiger partial charge in [0, 0.05) is 10.7 Å². The number of amides is 1. The molecule has 0 aliphatic heterocycles. The quantitative estimate of drug-likeness (QED) is 0.398. The van der Waals surface area contributed by atoms with Crippen LogP contribution in [0.5, 0.6) is 0 Å². The van der Waals surface area contributed by atoms with Crippen molar-refractivity contribution in [2.45, 2.75) is 13.3 Å². The summed E-state index contributed by atoms with van der Waals surface area (Å²) in [7, 11) is 0. The Kier molecular flexibility index (Phi) is 6.20. The summed E-state index contributed by atoms with van der Waals surface area (Å²) in [5, 5.41) is 15.1. The smallest absolute Gasteiger partial charge is 0.334 e. The van der Waals surface area contributed by atoms with E-state index >= 15 is 0 Å². The third kappa shape index (κ3) is 5.17. The van der Waals surface area contributed by atoms with Crippen LogP contribution in [0.4, 0.5) is 23.0 Å². The minimum atomic E-state index is -0.626. The maximum absolute atomic E-state index is 12.1. The molecule has 0 bridgehead atoms. The van der Waals surface area contributed by atoms with E-state index in [1.54, 1.807) is 18.2 Å². The van der Waals surface area contributed by atoms with Crippen LogP contribution in [0, 0.1) is 17.0 Å². The molecule has 3 N–H and O–H groups in total. The lowest BCUT2D eigenvalue weighted by atomic mass is 10.1. The number of hydrogen-bond acceptors (Lipinski definition) is 7. The minimum absolute atomic E-state index is 0.0183. The lowest BCUT2D eigenvalue weighted by Gasteiger charge is -2.12. The van der Waals surface area contributed by atoms with Gasteiger partial charge in [0.15, 0.2) is 0 Å². The number of benzene rings is 2. The third-order valence-electron chi connectivity index (χ3n) is 3.97. The summed E-state index contributed by atoms with van der Waals surface area (Å²) in [5.41, 5.74) is 6.74. The van der Waals surface area contributed by atoms with Crippen LogP contribution in [0.2, 0.25) is 5.02 Å². The molecule has 0 fully saturated rings. The summed E-state index contributed by atoms with van der Waals surface area (Å²) < 4.78 is 0. The van der Waals surface area contributed by atoms with Crippen molar-refractivity contribution in [1.29, 1.82) is 0 Å².